The van der Waals surface area contributed by atoms with Gasteiger partial charge in [-0.25, -0.2) is 4.79 Å². The molecule has 0 aliphatic carbocycles. The van der Waals surface area contributed by atoms with Crippen LogP contribution in [0, 0.1) is 16.0 Å². The second-order valence-corrected chi connectivity index (χ2v) is 5.76. The van der Waals surface area contributed by atoms with E-state index in [-0.39, 0.29) is 42.6 Å². The lowest BCUT2D eigenvalue weighted by molar-refractivity contribution is -0.385. The van der Waals surface area contributed by atoms with E-state index in [9.17, 15) is 24.8 Å². The highest BCUT2D eigenvalue weighted by atomic mass is 16.6. The fourth-order valence-electron chi connectivity index (χ4n) is 2.34. The Labute approximate surface area is 137 Å². The lowest BCUT2D eigenvalue weighted by atomic mass is 10.0. The predicted molar refractivity (Wildman–Crippen MR) is 82.4 cm³/mol. The summed E-state index contributed by atoms with van der Waals surface area (Å²) in [5.74, 6) is -1.61. The van der Waals surface area contributed by atoms with Crippen LogP contribution in [0.15, 0.2) is 12.1 Å². The largest absolute Gasteiger partial charge is 0.486 e. The topological polar surface area (TPSA) is 128 Å². The van der Waals surface area contributed by atoms with Gasteiger partial charge >= 0.3 is 5.97 Å². The highest BCUT2D eigenvalue weighted by molar-refractivity contribution is 6.00. The van der Waals surface area contributed by atoms with Crippen molar-refractivity contribution in [3.8, 4) is 11.5 Å². The summed E-state index contributed by atoms with van der Waals surface area (Å²) in [5, 5.41) is 22.7. The van der Waals surface area contributed by atoms with E-state index in [0.29, 0.717) is 0 Å². The molecule has 9 nitrogen and oxygen atoms in total. The van der Waals surface area contributed by atoms with Gasteiger partial charge in [0.15, 0.2) is 11.5 Å². The number of aliphatic carboxylic acids is 1. The molecular formula is C15H18N2O7. The minimum atomic E-state index is -1.20. The van der Waals surface area contributed by atoms with Crippen molar-refractivity contribution in [3.05, 3.63) is 27.8 Å². The Bertz CT molecular complexity index is 672. The smallest absolute Gasteiger partial charge is 0.326 e. The number of nitro groups is 1. The molecule has 0 radical (unpaired) electrons. The average Bonchev–Trinajstić information content (AvgIpc) is 2.52. The van der Waals surface area contributed by atoms with Gasteiger partial charge in [-0.05, 0) is 12.3 Å². The number of carboxylic acid groups (broad SMARTS) is 1. The van der Waals surface area contributed by atoms with Crippen molar-refractivity contribution in [1.29, 1.82) is 0 Å². The number of benzene rings is 1. The third-order valence-corrected chi connectivity index (χ3v) is 3.41. The number of carboxylic acids is 1. The number of carbonyl (C=O) groups is 2. The molecule has 9 heteroatoms. The number of nitro benzene ring substituents is 1. The number of hydrogen-bond donors (Lipinski definition) is 2. The lowest BCUT2D eigenvalue weighted by Crippen LogP contribution is -2.41. The van der Waals surface area contributed by atoms with E-state index in [0.717, 1.165) is 6.07 Å². The van der Waals surface area contributed by atoms with Crippen LogP contribution in [0.5, 0.6) is 11.5 Å². The zero-order valence-corrected chi connectivity index (χ0v) is 13.3. The van der Waals surface area contributed by atoms with Crippen LogP contribution in [0.4, 0.5) is 5.69 Å². The number of amides is 1. The third kappa shape index (κ3) is 3.92. The van der Waals surface area contributed by atoms with Crippen molar-refractivity contribution in [2.75, 3.05) is 13.2 Å². The maximum Gasteiger partial charge on any atom is 0.326 e. The molecular weight excluding hydrogens is 320 g/mol. The fraction of sp³-hybridized carbons (Fsp3) is 0.467. The SMILES string of the molecule is CC(C)C[C@@H](NC(=O)c1cc2c(cc1[N+](=O)[O-])OCCO2)C(=O)O. The Balaban J connectivity index is 2.33. The van der Waals surface area contributed by atoms with Crippen molar-refractivity contribution in [2.45, 2.75) is 26.3 Å². The second kappa shape index (κ2) is 7.16. The minimum Gasteiger partial charge on any atom is -0.486 e. The van der Waals surface area contributed by atoms with Crippen molar-refractivity contribution < 1.29 is 29.1 Å². The van der Waals surface area contributed by atoms with Crippen LogP contribution in [-0.4, -0.2) is 41.2 Å². The molecule has 0 aromatic heterocycles. The molecule has 1 heterocycles. The van der Waals surface area contributed by atoms with E-state index >= 15 is 0 Å². The summed E-state index contributed by atoms with van der Waals surface area (Å²) < 4.78 is 10.6. The van der Waals surface area contributed by atoms with E-state index in [4.69, 9.17) is 9.47 Å². The Kier molecular flexibility index (Phi) is 5.22. The molecule has 130 valence electrons. The van der Waals surface area contributed by atoms with E-state index < -0.39 is 28.5 Å². The first-order chi connectivity index (χ1) is 11.3. The molecule has 1 aromatic carbocycles. The molecule has 1 aliphatic rings. The molecule has 0 fully saturated rings. The number of nitrogens with one attached hydrogen (secondary N) is 1. The monoisotopic (exact) mass is 338 g/mol. The van der Waals surface area contributed by atoms with Crippen LogP contribution in [0.1, 0.15) is 30.6 Å². The van der Waals surface area contributed by atoms with Crippen molar-refractivity contribution in [2.24, 2.45) is 5.92 Å². The molecule has 2 rings (SSSR count). The Morgan fingerprint density at radius 1 is 1.29 bits per heavy atom. The van der Waals surface area contributed by atoms with E-state index in [1.54, 1.807) is 0 Å². The third-order valence-electron chi connectivity index (χ3n) is 3.41. The summed E-state index contributed by atoms with van der Waals surface area (Å²) in [7, 11) is 0. The molecule has 24 heavy (non-hydrogen) atoms. The molecule has 1 aromatic rings. The van der Waals surface area contributed by atoms with E-state index in [1.807, 2.05) is 13.8 Å². The van der Waals surface area contributed by atoms with Crippen LogP contribution in [-0.2, 0) is 4.79 Å². The van der Waals surface area contributed by atoms with Crippen molar-refractivity contribution in [1.82, 2.24) is 5.32 Å². The summed E-state index contributed by atoms with van der Waals surface area (Å²) in [6.07, 6.45) is 0.208. The van der Waals surface area contributed by atoms with Gasteiger partial charge in [0.2, 0.25) is 0 Å². The van der Waals surface area contributed by atoms with Crippen LogP contribution >= 0.6 is 0 Å². The standard InChI is InChI=1S/C15H18N2O7/c1-8(2)5-10(15(19)20)16-14(18)9-6-12-13(24-4-3-23-12)7-11(9)17(21)22/h6-8,10H,3-5H2,1-2H3,(H,16,18)(H,19,20)/t10-/m1/s1. The molecule has 0 saturated carbocycles. The summed E-state index contributed by atoms with van der Waals surface area (Å²) in [4.78, 5) is 34.1. The summed E-state index contributed by atoms with van der Waals surface area (Å²) in [5.41, 5.74) is -0.732. The van der Waals surface area contributed by atoms with E-state index in [1.165, 1.54) is 6.07 Å². The zero-order valence-electron chi connectivity index (χ0n) is 13.3. The van der Waals surface area contributed by atoms with Gasteiger partial charge in [-0.1, -0.05) is 13.8 Å². The summed E-state index contributed by atoms with van der Waals surface area (Å²) in [6, 6.07) is 1.18. The van der Waals surface area contributed by atoms with Gasteiger partial charge in [0.1, 0.15) is 24.8 Å². The molecule has 0 bridgehead atoms. The molecule has 0 spiro atoms. The number of ether oxygens (including phenoxy) is 2. The maximum absolute atomic E-state index is 12.4. The predicted octanol–water partition coefficient (Wildman–Crippen LogP) is 1.60. The second-order valence-electron chi connectivity index (χ2n) is 5.76. The van der Waals surface area contributed by atoms with Crippen LogP contribution in [0.25, 0.3) is 0 Å². The Morgan fingerprint density at radius 3 is 2.38 bits per heavy atom. The van der Waals surface area contributed by atoms with Crippen LogP contribution in [0.2, 0.25) is 0 Å². The molecule has 0 unspecified atom stereocenters. The van der Waals surface area contributed by atoms with Crippen LogP contribution < -0.4 is 14.8 Å². The van der Waals surface area contributed by atoms with Gasteiger partial charge in [0.25, 0.3) is 11.6 Å². The Morgan fingerprint density at radius 2 is 1.88 bits per heavy atom. The fourth-order valence-corrected chi connectivity index (χ4v) is 2.34. The van der Waals surface area contributed by atoms with Gasteiger partial charge < -0.3 is 19.9 Å². The normalized spacial score (nSPS) is 14.1. The van der Waals surface area contributed by atoms with Gasteiger partial charge in [-0.2, -0.15) is 0 Å². The number of rotatable bonds is 6. The first-order valence-corrected chi connectivity index (χ1v) is 7.41. The first kappa shape index (κ1) is 17.5. The Hall–Kier alpha value is -2.84. The molecule has 1 atom stereocenters. The molecule has 1 aliphatic heterocycles. The summed E-state index contributed by atoms with van der Waals surface area (Å²) >= 11 is 0. The highest BCUT2D eigenvalue weighted by Gasteiger charge is 2.29. The van der Waals surface area contributed by atoms with Crippen molar-refractivity contribution >= 4 is 17.6 Å². The lowest BCUT2D eigenvalue weighted by Gasteiger charge is -2.20. The highest BCUT2D eigenvalue weighted by Crippen LogP contribution is 2.36. The molecule has 1 amide bonds. The molecule has 0 saturated heterocycles. The zero-order chi connectivity index (χ0) is 17.9. The van der Waals surface area contributed by atoms with Gasteiger partial charge in [-0.15, -0.1) is 0 Å². The van der Waals surface area contributed by atoms with Gasteiger partial charge in [-0.3, -0.25) is 14.9 Å². The van der Waals surface area contributed by atoms with Gasteiger partial charge in [0, 0.05) is 6.07 Å². The molecule has 2 N–H and O–H groups in total. The maximum atomic E-state index is 12.4. The van der Waals surface area contributed by atoms with Crippen molar-refractivity contribution in [3.63, 3.8) is 0 Å². The minimum absolute atomic E-state index is 0.0293. The number of hydrogen-bond acceptors (Lipinski definition) is 6. The average molecular weight is 338 g/mol. The summed E-state index contributed by atoms with van der Waals surface area (Å²) in [6.45, 7) is 4.14. The quantitative estimate of drug-likeness (QED) is 0.595. The number of carbonyl (C=O) groups excluding carboxylic acids is 1. The van der Waals surface area contributed by atoms with E-state index in [2.05, 4.69) is 5.32 Å². The van der Waals surface area contributed by atoms with Crippen LogP contribution in [0.3, 0.4) is 0 Å². The number of nitrogens with zero attached hydrogens (tertiary/aromatic N) is 1. The van der Waals surface area contributed by atoms with Gasteiger partial charge in [0.05, 0.1) is 11.0 Å². The first-order valence-electron chi connectivity index (χ1n) is 7.41. The number of fused-ring (bicyclic) bond motifs is 1.